The summed E-state index contributed by atoms with van der Waals surface area (Å²) < 4.78 is 5.80. The molecule has 2 aromatic carbocycles. The molecule has 0 radical (unpaired) electrons. The Morgan fingerprint density at radius 1 is 0.839 bits per heavy atom. The summed E-state index contributed by atoms with van der Waals surface area (Å²) in [5.74, 6) is 3.11. The third kappa shape index (κ3) is 6.16. The molecule has 162 valence electrons. The molecule has 1 fully saturated rings. The molecule has 1 saturated carbocycles. The zero-order valence-corrected chi connectivity index (χ0v) is 18.7. The Morgan fingerprint density at radius 2 is 1.55 bits per heavy atom. The van der Waals surface area contributed by atoms with Gasteiger partial charge in [-0.15, -0.1) is 0 Å². The van der Waals surface area contributed by atoms with E-state index >= 15 is 0 Å². The molecule has 31 heavy (non-hydrogen) atoms. The molecule has 0 aliphatic heterocycles. The van der Waals surface area contributed by atoms with Gasteiger partial charge in [-0.1, -0.05) is 87.2 Å². The second kappa shape index (κ2) is 11.1. The quantitative estimate of drug-likeness (QED) is 0.339. The molecular weight excluding hydrogens is 380 g/mol. The standard InChI is InChI=1S/C28H34N2O/c1-2-3-5-8-22-11-13-24(14-12-22)25-15-17-26(18-16-25)28-29-19-27(20-30-28)31-21-23-9-6-4-7-10-23/h4,6-7,9-10,15-20,22,24H,2-3,5,8,11-14,21H2,1H3. The molecule has 0 saturated heterocycles. The third-order valence-electron chi connectivity index (χ3n) is 6.58. The molecule has 3 nitrogen and oxygen atoms in total. The van der Waals surface area contributed by atoms with Crippen LogP contribution in [0.5, 0.6) is 5.75 Å². The van der Waals surface area contributed by atoms with Crippen molar-refractivity contribution in [2.24, 2.45) is 5.92 Å². The number of unbranched alkanes of at least 4 members (excludes halogenated alkanes) is 2. The van der Waals surface area contributed by atoms with Crippen molar-refractivity contribution in [2.45, 2.75) is 70.8 Å². The van der Waals surface area contributed by atoms with Gasteiger partial charge in [0.2, 0.25) is 0 Å². The summed E-state index contributed by atoms with van der Waals surface area (Å²) in [4.78, 5) is 9.03. The lowest BCUT2D eigenvalue weighted by Gasteiger charge is -2.29. The minimum Gasteiger partial charge on any atom is -0.486 e. The van der Waals surface area contributed by atoms with Crippen molar-refractivity contribution in [1.82, 2.24) is 9.97 Å². The minimum absolute atomic E-state index is 0.527. The average Bonchev–Trinajstić information content (AvgIpc) is 2.84. The Labute approximate surface area is 186 Å². The highest BCUT2D eigenvalue weighted by atomic mass is 16.5. The number of nitrogens with zero attached hydrogens (tertiary/aromatic N) is 2. The minimum atomic E-state index is 0.527. The van der Waals surface area contributed by atoms with Crippen LogP contribution in [0.1, 0.15) is 75.3 Å². The van der Waals surface area contributed by atoms with Crippen molar-refractivity contribution in [3.05, 3.63) is 78.1 Å². The summed E-state index contributed by atoms with van der Waals surface area (Å²) in [6.45, 7) is 2.82. The van der Waals surface area contributed by atoms with Crippen molar-refractivity contribution in [1.29, 1.82) is 0 Å². The van der Waals surface area contributed by atoms with Crippen molar-refractivity contribution in [2.75, 3.05) is 0 Å². The zero-order chi connectivity index (χ0) is 21.3. The number of aromatic nitrogens is 2. The second-order valence-corrected chi connectivity index (χ2v) is 8.85. The van der Waals surface area contributed by atoms with Crippen LogP contribution in [0.4, 0.5) is 0 Å². The van der Waals surface area contributed by atoms with Crippen LogP contribution in [0.25, 0.3) is 11.4 Å². The van der Waals surface area contributed by atoms with Crippen molar-refractivity contribution >= 4 is 0 Å². The van der Waals surface area contributed by atoms with Gasteiger partial charge in [-0.3, -0.25) is 0 Å². The number of rotatable bonds is 9. The van der Waals surface area contributed by atoms with Crippen LogP contribution < -0.4 is 4.74 Å². The summed E-state index contributed by atoms with van der Waals surface area (Å²) in [5, 5.41) is 0. The summed E-state index contributed by atoms with van der Waals surface area (Å²) >= 11 is 0. The summed E-state index contributed by atoms with van der Waals surface area (Å²) in [6.07, 6.45) is 14.5. The molecule has 0 atom stereocenters. The van der Waals surface area contributed by atoms with E-state index in [0.29, 0.717) is 18.3 Å². The van der Waals surface area contributed by atoms with Crippen molar-refractivity contribution < 1.29 is 4.74 Å². The molecule has 0 spiro atoms. The predicted octanol–water partition coefficient (Wildman–Crippen LogP) is 7.58. The fourth-order valence-corrected chi connectivity index (χ4v) is 4.65. The zero-order valence-electron chi connectivity index (χ0n) is 18.7. The maximum Gasteiger partial charge on any atom is 0.159 e. The van der Waals surface area contributed by atoms with E-state index in [1.165, 1.54) is 56.9 Å². The number of hydrogen-bond donors (Lipinski definition) is 0. The fraction of sp³-hybridized carbons (Fsp3) is 0.429. The Bertz CT molecular complexity index is 898. The van der Waals surface area contributed by atoms with Gasteiger partial charge < -0.3 is 4.74 Å². The lowest BCUT2D eigenvalue weighted by atomic mass is 9.77. The lowest BCUT2D eigenvalue weighted by molar-refractivity contribution is 0.303. The smallest absolute Gasteiger partial charge is 0.159 e. The topological polar surface area (TPSA) is 35.0 Å². The van der Waals surface area contributed by atoms with Crippen molar-refractivity contribution in [3.63, 3.8) is 0 Å². The molecule has 1 aliphatic carbocycles. The van der Waals surface area contributed by atoms with E-state index in [9.17, 15) is 0 Å². The molecular formula is C28H34N2O. The maximum atomic E-state index is 5.80. The van der Waals surface area contributed by atoms with Gasteiger partial charge in [0.1, 0.15) is 6.61 Å². The Morgan fingerprint density at radius 3 is 2.23 bits per heavy atom. The van der Waals surface area contributed by atoms with Crippen LogP contribution in [0, 0.1) is 5.92 Å². The van der Waals surface area contributed by atoms with Gasteiger partial charge in [0.05, 0.1) is 12.4 Å². The molecule has 0 amide bonds. The first-order valence-electron chi connectivity index (χ1n) is 11.9. The van der Waals surface area contributed by atoms with E-state index in [2.05, 4.69) is 53.3 Å². The normalized spacial score (nSPS) is 18.6. The van der Waals surface area contributed by atoms with Gasteiger partial charge in [0.25, 0.3) is 0 Å². The molecule has 0 unspecified atom stereocenters. The fourth-order valence-electron chi connectivity index (χ4n) is 4.65. The summed E-state index contributed by atoms with van der Waals surface area (Å²) in [7, 11) is 0. The van der Waals surface area contributed by atoms with E-state index in [4.69, 9.17) is 4.74 Å². The lowest BCUT2D eigenvalue weighted by Crippen LogP contribution is -2.13. The van der Waals surface area contributed by atoms with Gasteiger partial charge in [-0.2, -0.15) is 0 Å². The highest BCUT2D eigenvalue weighted by Gasteiger charge is 2.22. The second-order valence-electron chi connectivity index (χ2n) is 8.85. The van der Waals surface area contributed by atoms with E-state index in [-0.39, 0.29) is 0 Å². The average molecular weight is 415 g/mol. The molecule has 4 rings (SSSR count). The number of hydrogen-bond acceptors (Lipinski definition) is 3. The summed E-state index contributed by atoms with van der Waals surface area (Å²) in [5.41, 5.74) is 3.67. The van der Waals surface area contributed by atoms with Crippen LogP contribution in [0.2, 0.25) is 0 Å². The van der Waals surface area contributed by atoms with Gasteiger partial charge in [0, 0.05) is 5.56 Å². The number of benzene rings is 2. The van der Waals surface area contributed by atoms with E-state index < -0.39 is 0 Å². The van der Waals surface area contributed by atoms with Crippen LogP contribution in [-0.2, 0) is 6.61 Å². The highest BCUT2D eigenvalue weighted by molar-refractivity contribution is 5.55. The van der Waals surface area contributed by atoms with E-state index in [1.54, 1.807) is 12.4 Å². The van der Waals surface area contributed by atoms with Gasteiger partial charge in [-0.25, -0.2) is 9.97 Å². The van der Waals surface area contributed by atoms with Crippen LogP contribution >= 0.6 is 0 Å². The van der Waals surface area contributed by atoms with E-state index in [0.717, 1.165) is 22.9 Å². The highest BCUT2D eigenvalue weighted by Crippen LogP contribution is 2.38. The molecule has 1 heterocycles. The largest absolute Gasteiger partial charge is 0.486 e. The van der Waals surface area contributed by atoms with Crippen molar-refractivity contribution in [3.8, 4) is 17.1 Å². The Balaban J connectivity index is 1.29. The van der Waals surface area contributed by atoms with Crippen LogP contribution in [0.3, 0.4) is 0 Å². The molecule has 1 aliphatic rings. The molecule has 3 aromatic rings. The van der Waals surface area contributed by atoms with Gasteiger partial charge in [-0.05, 0) is 48.6 Å². The van der Waals surface area contributed by atoms with Gasteiger partial charge >= 0.3 is 0 Å². The monoisotopic (exact) mass is 414 g/mol. The maximum absolute atomic E-state index is 5.80. The molecule has 3 heteroatoms. The Hall–Kier alpha value is -2.68. The first kappa shape index (κ1) is 21.5. The first-order valence-corrected chi connectivity index (χ1v) is 11.9. The summed E-state index contributed by atoms with van der Waals surface area (Å²) in [6, 6.07) is 19.0. The number of ether oxygens (including phenoxy) is 1. The third-order valence-corrected chi connectivity index (χ3v) is 6.58. The van der Waals surface area contributed by atoms with Crippen LogP contribution in [0.15, 0.2) is 67.0 Å². The first-order chi connectivity index (χ1) is 15.3. The SMILES string of the molecule is CCCCCC1CCC(c2ccc(-c3ncc(OCc4ccccc4)cn3)cc2)CC1. The molecule has 0 bridgehead atoms. The van der Waals surface area contributed by atoms with Crippen LogP contribution in [-0.4, -0.2) is 9.97 Å². The molecule has 0 N–H and O–H groups in total. The molecule has 1 aromatic heterocycles. The predicted molar refractivity (Wildman–Crippen MR) is 127 cm³/mol. The Kier molecular flexibility index (Phi) is 7.71. The van der Waals surface area contributed by atoms with E-state index in [1.807, 2.05) is 18.2 Å². The van der Waals surface area contributed by atoms with Gasteiger partial charge in [0.15, 0.2) is 11.6 Å².